The zero-order chi connectivity index (χ0) is 17.1. The molecule has 0 aliphatic carbocycles. The van der Waals surface area contributed by atoms with E-state index >= 15 is 0 Å². The molecule has 0 saturated heterocycles. The Morgan fingerprint density at radius 3 is 2.32 bits per heavy atom. The normalized spacial score (nSPS) is 11.4. The van der Waals surface area contributed by atoms with E-state index in [-0.39, 0.29) is 0 Å². The summed E-state index contributed by atoms with van der Waals surface area (Å²) in [6.45, 7) is 2.28. The van der Waals surface area contributed by atoms with Crippen molar-refractivity contribution in [3.05, 3.63) is 58.8 Å². The van der Waals surface area contributed by atoms with E-state index in [1.54, 1.807) is 0 Å². The largest absolute Gasteiger partial charge is 0.143 e. The highest BCUT2D eigenvalue weighted by molar-refractivity contribution is 7.27. The Kier molecular flexibility index (Phi) is 5.35. The summed E-state index contributed by atoms with van der Waals surface area (Å²) in [5.41, 5.74) is 1.53. The van der Waals surface area contributed by atoms with Crippen LogP contribution < -0.4 is 0 Å². The van der Waals surface area contributed by atoms with Gasteiger partial charge < -0.3 is 0 Å². The van der Waals surface area contributed by atoms with Gasteiger partial charge in [0.25, 0.3) is 0 Å². The lowest BCUT2D eigenvalue weighted by Gasteiger charge is -2.03. The predicted octanol–water partition coefficient (Wildman–Crippen LogP) is 8.48. The van der Waals surface area contributed by atoms with Gasteiger partial charge in [-0.2, -0.15) is 0 Å². The summed E-state index contributed by atoms with van der Waals surface area (Å²) in [5, 5.41) is 7.25. The average Bonchev–Trinajstić information content (AvgIpc) is 3.37. The standard InChI is InChI=1S/C22H22S3/c1-2-3-4-5-9-16-13-15-24-20(16)22-18-11-7-6-10-17(18)21(25-22)19-12-8-14-23-19/h6-8,10-15H,2-5,9H2,1H3. The molecule has 128 valence electrons. The van der Waals surface area contributed by atoms with Crippen molar-refractivity contribution >= 4 is 44.8 Å². The van der Waals surface area contributed by atoms with E-state index < -0.39 is 0 Å². The molecule has 0 amide bonds. The fraction of sp³-hybridized carbons (Fsp3) is 0.273. The highest BCUT2D eigenvalue weighted by Crippen LogP contribution is 2.47. The molecule has 1 aromatic carbocycles. The van der Waals surface area contributed by atoms with Gasteiger partial charge in [0.05, 0.1) is 9.75 Å². The van der Waals surface area contributed by atoms with E-state index in [1.807, 2.05) is 34.0 Å². The first-order valence-electron chi connectivity index (χ1n) is 9.00. The summed E-state index contributed by atoms with van der Waals surface area (Å²) in [6, 6.07) is 15.6. The number of unbranched alkanes of at least 4 members (excludes halogenated alkanes) is 3. The van der Waals surface area contributed by atoms with Gasteiger partial charge in [-0.25, -0.2) is 0 Å². The molecule has 0 saturated carbocycles. The quantitative estimate of drug-likeness (QED) is 0.281. The van der Waals surface area contributed by atoms with Crippen molar-refractivity contribution in [1.29, 1.82) is 0 Å². The average molecular weight is 383 g/mol. The number of thiophene rings is 3. The number of rotatable bonds is 7. The molecular weight excluding hydrogens is 360 g/mol. The van der Waals surface area contributed by atoms with Gasteiger partial charge in [0.15, 0.2) is 0 Å². The lowest BCUT2D eigenvalue weighted by molar-refractivity contribution is 0.668. The zero-order valence-corrected chi connectivity index (χ0v) is 16.9. The monoisotopic (exact) mass is 382 g/mol. The first-order chi connectivity index (χ1) is 12.4. The molecule has 0 spiro atoms. The third kappa shape index (κ3) is 3.46. The number of aryl methyl sites for hydroxylation is 1. The van der Waals surface area contributed by atoms with Gasteiger partial charge in [-0.15, -0.1) is 34.0 Å². The molecule has 0 aliphatic rings. The molecule has 4 aromatic rings. The summed E-state index contributed by atoms with van der Waals surface area (Å²) in [5.74, 6) is 0. The first kappa shape index (κ1) is 17.0. The fourth-order valence-corrected chi connectivity index (χ4v) is 6.62. The van der Waals surface area contributed by atoms with Gasteiger partial charge in [-0.05, 0) is 41.3 Å². The third-order valence-electron chi connectivity index (χ3n) is 4.62. The Balaban J connectivity index is 1.74. The maximum Gasteiger partial charge on any atom is 0.0530 e. The van der Waals surface area contributed by atoms with Gasteiger partial charge in [-0.1, -0.05) is 56.5 Å². The topological polar surface area (TPSA) is 0 Å². The molecule has 0 fully saturated rings. The first-order valence-corrected chi connectivity index (χ1v) is 11.6. The summed E-state index contributed by atoms with van der Waals surface area (Å²) < 4.78 is 0. The van der Waals surface area contributed by atoms with Gasteiger partial charge in [-0.3, -0.25) is 0 Å². The molecule has 0 unspecified atom stereocenters. The van der Waals surface area contributed by atoms with E-state index in [2.05, 4.69) is 60.1 Å². The van der Waals surface area contributed by atoms with E-state index in [1.165, 1.54) is 67.9 Å². The summed E-state index contributed by atoms with van der Waals surface area (Å²) >= 11 is 5.71. The minimum Gasteiger partial charge on any atom is -0.143 e. The van der Waals surface area contributed by atoms with E-state index in [4.69, 9.17) is 0 Å². The minimum atomic E-state index is 1.21. The van der Waals surface area contributed by atoms with Gasteiger partial charge >= 0.3 is 0 Å². The predicted molar refractivity (Wildman–Crippen MR) is 116 cm³/mol. The molecular formula is C22H22S3. The van der Waals surface area contributed by atoms with Crippen molar-refractivity contribution in [2.45, 2.75) is 39.0 Å². The molecule has 0 radical (unpaired) electrons. The van der Waals surface area contributed by atoms with Crippen molar-refractivity contribution < 1.29 is 0 Å². The van der Waals surface area contributed by atoms with Crippen LogP contribution in [0.15, 0.2) is 53.2 Å². The van der Waals surface area contributed by atoms with Crippen LogP contribution in [-0.4, -0.2) is 0 Å². The molecule has 4 rings (SSSR count). The molecule has 0 nitrogen and oxygen atoms in total. The second-order valence-electron chi connectivity index (χ2n) is 6.37. The van der Waals surface area contributed by atoms with Crippen LogP contribution in [0.2, 0.25) is 0 Å². The Hall–Kier alpha value is -1.42. The lowest BCUT2D eigenvalue weighted by Crippen LogP contribution is -1.85. The zero-order valence-electron chi connectivity index (χ0n) is 14.5. The van der Waals surface area contributed by atoms with Crippen molar-refractivity contribution in [3.63, 3.8) is 0 Å². The molecule has 0 bridgehead atoms. The molecule has 25 heavy (non-hydrogen) atoms. The molecule has 0 atom stereocenters. The lowest BCUT2D eigenvalue weighted by atomic mass is 10.0. The Labute approximate surface area is 161 Å². The van der Waals surface area contributed by atoms with Crippen LogP contribution in [0.3, 0.4) is 0 Å². The minimum absolute atomic E-state index is 1.21. The molecule has 3 heteroatoms. The van der Waals surface area contributed by atoms with Gasteiger partial charge in [0, 0.05) is 20.5 Å². The smallest absolute Gasteiger partial charge is 0.0530 e. The van der Waals surface area contributed by atoms with E-state index in [0.717, 1.165) is 0 Å². The van der Waals surface area contributed by atoms with Crippen molar-refractivity contribution in [3.8, 4) is 19.5 Å². The maximum absolute atomic E-state index is 2.34. The molecule has 3 aromatic heterocycles. The van der Waals surface area contributed by atoms with Crippen LogP contribution in [0.5, 0.6) is 0 Å². The Bertz CT molecular complexity index is 941. The van der Waals surface area contributed by atoms with Crippen LogP contribution in [-0.2, 0) is 6.42 Å². The number of hydrogen-bond acceptors (Lipinski definition) is 3. The summed E-state index contributed by atoms with van der Waals surface area (Å²) in [7, 11) is 0. The van der Waals surface area contributed by atoms with Crippen LogP contribution in [0, 0.1) is 0 Å². The van der Waals surface area contributed by atoms with Crippen molar-refractivity contribution in [2.75, 3.05) is 0 Å². The molecule has 0 N–H and O–H groups in total. The summed E-state index contributed by atoms with van der Waals surface area (Å²) in [6.07, 6.45) is 6.51. The SMILES string of the molecule is CCCCCCc1ccsc1-c1sc(-c2cccs2)c2ccccc12. The second-order valence-corrected chi connectivity index (χ2v) is 9.25. The molecule has 0 aliphatic heterocycles. The maximum atomic E-state index is 2.34. The van der Waals surface area contributed by atoms with E-state index in [9.17, 15) is 0 Å². The Morgan fingerprint density at radius 1 is 0.720 bits per heavy atom. The molecule has 3 heterocycles. The second kappa shape index (κ2) is 7.86. The van der Waals surface area contributed by atoms with Gasteiger partial charge in [0.2, 0.25) is 0 Å². The Morgan fingerprint density at radius 2 is 1.56 bits per heavy atom. The number of benzene rings is 1. The summed E-state index contributed by atoms with van der Waals surface area (Å²) in [4.78, 5) is 5.75. The van der Waals surface area contributed by atoms with Crippen molar-refractivity contribution in [2.24, 2.45) is 0 Å². The van der Waals surface area contributed by atoms with Crippen LogP contribution >= 0.6 is 34.0 Å². The third-order valence-corrected chi connectivity index (χ3v) is 8.01. The van der Waals surface area contributed by atoms with Crippen LogP contribution in [0.25, 0.3) is 30.3 Å². The number of fused-ring (bicyclic) bond motifs is 1. The fourth-order valence-electron chi connectivity index (χ4n) is 3.32. The number of hydrogen-bond donors (Lipinski definition) is 0. The van der Waals surface area contributed by atoms with E-state index in [0.29, 0.717) is 0 Å². The highest BCUT2D eigenvalue weighted by Gasteiger charge is 2.17. The van der Waals surface area contributed by atoms with Gasteiger partial charge in [0.1, 0.15) is 0 Å². The highest BCUT2D eigenvalue weighted by atomic mass is 32.1. The van der Waals surface area contributed by atoms with Crippen molar-refractivity contribution in [1.82, 2.24) is 0 Å². The van der Waals surface area contributed by atoms with Crippen LogP contribution in [0.4, 0.5) is 0 Å². The van der Waals surface area contributed by atoms with Crippen LogP contribution in [0.1, 0.15) is 38.2 Å².